The number of ether oxygens (including phenoxy) is 2. The fraction of sp³-hybridized carbons (Fsp3) is 0.700. The van der Waals surface area contributed by atoms with Gasteiger partial charge in [-0.25, -0.2) is 9.78 Å². The predicted molar refractivity (Wildman–Crippen MR) is 100 cm³/mol. The molecule has 2 fully saturated rings. The van der Waals surface area contributed by atoms with Crippen molar-refractivity contribution in [1.29, 1.82) is 0 Å². The number of nitrogens with one attached hydrogen (secondary N) is 2. The summed E-state index contributed by atoms with van der Waals surface area (Å²) in [6.07, 6.45) is 7.19. The maximum absolute atomic E-state index is 12.3. The normalized spacial score (nSPS) is 26.9. The summed E-state index contributed by atoms with van der Waals surface area (Å²) < 4.78 is 11.3. The Kier molecular flexibility index (Phi) is 6.72. The van der Waals surface area contributed by atoms with E-state index in [2.05, 4.69) is 29.5 Å². The second-order valence-electron chi connectivity index (χ2n) is 7.63. The minimum Gasteiger partial charge on any atom is -0.474 e. The van der Waals surface area contributed by atoms with Crippen LogP contribution < -0.4 is 15.4 Å². The van der Waals surface area contributed by atoms with Crippen molar-refractivity contribution in [3.63, 3.8) is 0 Å². The number of hydrogen-bond donors (Lipinski definition) is 2. The molecule has 1 aliphatic heterocycles. The molecule has 2 aliphatic rings. The number of carbonyl (C=O) groups excluding carboxylic acids is 1. The van der Waals surface area contributed by atoms with Crippen molar-refractivity contribution >= 4 is 6.03 Å². The molecule has 3 atom stereocenters. The van der Waals surface area contributed by atoms with Crippen LogP contribution in [0.3, 0.4) is 0 Å². The highest BCUT2D eigenvalue weighted by molar-refractivity contribution is 5.74. The van der Waals surface area contributed by atoms with E-state index >= 15 is 0 Å². The summed E-state index contributed by atoms with van der Waals surface area (Å²) >= 11 is 0. The third kappa shape index (κ3) is 5.34. The second kappa shape index (κ2) is 9.21. The number of urea groups is 1. The van der Waals surface area contributed by atoms with E-state index < -0.39 is 0 Å². The van der Waals surface area contributed by atoms with E-state index in [9.17, 15) is 4.79 Å². The van der Waals surface area contributed by atoms with Gasteiger partial charge < -0.3 is 20.1 Å². The number of pyridine rings is 1. The molecule has 6 nitrogen and oxygen atoms in total. The lowest BCUT2D eigenvalue weighted by Gasteiger charge is -2.34. The first-order valence-corrected chi connectivity index (χ1v) is 9.85. The molecule has 2 amide bonds. The number of aromatic nitrogens is 1. The third-order valence-electron chi connectivity index (χ3n) is 5.73. The molecule has 3 unspecified atom stereocenters. The maximum atomic E-state index is 12.3. The predicted octanol–water partition coefficient (Wildman–Crippen LogP) is 3.26. The Hall–Kier alpha value is -1.82. The molecular formula is C20H31N3O3. The SMILES string of the molecule is CC1CCCC(NC(=O)NCc2ccnc(OC3CCOCC3)c2)C1C. The first-order valence-electron chi connectivity index (χ1n) is 9.85. The number of rotatable bonds is 5. The molecule has 0 spiro atoms. The lowest BCUT2D eigenvalue weighted by atomic mass is 9.78. The molecule has 3 rings (SSSR count). The zero-order valence-electron chi connectivity index (χ0n) is 15.9. The smallest absolute Gasteiger partial charge is 0.315 e. The Morgan fingerprint density at radius 2 is 2.08 bits per heavy atom. The quantitative estimate of drug-likeness (QED) is 0.844. The number of hydrogen-bond acceptors (Lipinski definition) is 4. The molecular weight excluding hydrogens is 330 g/mol. The number of nitrogens with zero attached hydrogens (tertiary/aromatic N) is 1. The molecule has 2 N–H and O–H groups in total. The average molecular weight is 361 g/mol. The minimum atomic E-state index is -0.0975. The van der Waals surface area contributed by atoms with Crippen LogP contribution in [0.25, 0.3) is 0 Å². The van der Waals surface area contributed by atoms with Crippen LogP contribution in [0.4, 0.5) is 4.79 Å². The topological polar surface area (TPSA) is 72.5 Å². The molecule has 0 aromatic carbocycles. The summed E-state index contributed by atoms with van der Waals surface area (Å²) in [5.74, 6) is 1.81. The summed E-state index contributed by atoms with van der Waals surface area (Å²) in [7, 11) is 0. The minimum absolute atomic E-state index is 0.0975. The van der Waals surface area contributed by atoms with Crippen molar-refractivity contribution in [2.75, 3.05) is 13.2 Å². The molecule has 26 heavy (non-hydrogen) atoms. The number of amides is 2. The molecule has 1 saturated carbocycles. The largest absolute Gasteiger partial charge is 0.474 e. The van der Waals surface area contributed by atoms with Crippen LogP contribution in [0.1, 0.15) is 51.5 Å². The van der Waals surface area contributed by atoms with Gasteiger partial charge in [0, 0.05) is 37.7 Å². The van der Waals surface area contributed by atoms with E-state index in [-0.39, 0.29) is 18.2 Å². The van der Waals surface area contributed by atoms with Gasteiger partial charge in [0.25, 0.3) is 0 Å². The van der Waals surface area contributed by atoms with E-state index in [0.29, 0.717) is 24.3 Å². The Morgan fingerprint density at radius 1 is 1.27 bits per heavy atom. The highest BCUT2D eigenvalue weighted by Crippen LogP contribution is 2.29. The van der Waals surface area contributed by atoms with Gasteiger partial charge in [0.15, 0.2) is 0 Å². The Bertz CT molecular complexity index is 589. The highest BCUT2D eigenvalue weighted by atomic mass is 16.5. The maximum Gasteiger partial charge on any atom is 0.315 e. The first-order chi connectivity index (χ1) is 12.6. The molecule has 0 bridgehead atoms. The number of carbonyl (C=O) groups is 1. The summed E-state index contributed by atoms with van der Waals surface area (Å²) in [5, 5.41) is 6.10. The van der Waals surface area contributed by atoms with Crippen molar-refractivity contribution < 1.29 is 14.3 Å². The molecule has 1 aromatic rings. The van der Waals surface area contributed by atoms with E-state index in [1.165, 1.54) is 12.8 Å². The van der Waals surface area contributed by atoms with Gasteiger partial charge in [0.05, 0.1) is 13.2 Å². The fourth-order valence-corrected chi connectivity index (χ4v) is 3.78. The zero-order valence-corrected chi connectivity index (χ0v) is 15.9. The van der Waals surface area contributed by atoms with E-state index in [1.54, 1.807) is 6.20 Å². The van der Waals surface area contributed by atoms with Crippen LogP contribution in [0.15, 0.2) is 18.3 Å². The zero-order chi connectivity index (χ0) is 18.4. The van der Waals surface area contributed by atoms with Crippen LogP contribution in [0.2, 0.25) is 0 Å². The van der Waals surface area contributed by atoms with Crippen LogP contribution in [-0.4, -0.2) is 36.4 Å². The van der Waals surface area contributed by atoms with Crippen LogP contribution in [0, 0.1) is 11.8 Å². The molecule has 1 saturated heterocycles. The van der Waals surface area contributed by atoms with Crippen molar-refractivity contribution in [2.45, 2.75) is 64.6 Å². The molecule has 2 heterocycles. The Morgan fingerprint density at radius 3 is 2.88 bits per heavy atom. The standard InChI is InChI=1S/C20H31N3O3/c1-14-4-3-5-18(15(14)2)23-20(24)22-13-16-6-9-21-19(12-16)26-17-7-10-25-11-8-17/h6,9,12,14-15,17-18H,3-5,7-8,10-11,13H2,1-2H3,(H2,22,23,24). The molecule has 0 radical (unpaired) electrons. The van der Waals surface area contributed by atoms with Crippen LogP contribution in [0.5, 0.6) is 5.88 Å². The summed E-state index contributed by atoms with van der Waals surface area (Å²) in [6, 6.07) is 3.98. The molecule has 144 valence electrons. The van der Waals surface area contributed by atoms with Gasteiger partial charge in [-0.2, -0.15) is 0 Å². The van der Waals surface area contributed by atoms with E-state index in [4.69, 9.17) is 9.47 Å². The van der Waals surface area contributed by atoms with Crippen molar-refractivity contribution in [3.8, 4) is 5.88 Å². The van der Waals surface area contributed by atoms with Crippen LogP contribution >= 0.6 is 0 Å². The second-order valence-corrected chi connectivity index (χ2v) is 7.63. The van der Waals surface area contributed by atoms with Gasteiger partial charge in [0.2, 0.25) is 5.88 Å². The first kappa shape index (κ1) is 19.0. The van der Waals surface area contributed by atoms with Gasteiger partial charge in [-0.1, -0.05) is 26.7 Å². The Labute approximate surface area is 156 Å². The van der Waals surface area contributed by atoms with Crippen molar-refractivity contribution in [1.82, 2.24) is 15.6 Å². The lowest BCUT2D eigenvalue weighted by Crippen LogP contribution is -2.47. The molecule has 1 aromatic heterocycles. The van der Waals surface area contributed by atoms with Gasteiger partial charge in [-0.15, -0.1) is 0 Å². The van der Waals surface area contributed by atoms with Crippen molar-refractivity contribution in [3.05, 3.63) is 23.9 Å². The van der Waals surface area contributed by atoms with E-state index in [0.717, 1.165) is 38.0 Å². The summed E-state index contributed by atoms with van der Waals surface area (Å²) in [4.78, 5) is 16.5. The van der Waals surface area contributed by atoms with E-state index in [1.807, 2.05) is 12.1 Å². The summed E-state index contributed by atoms with van der Waals surface area (Å²) in [5.41, 5.74) is 0.988. The van der Waals surface area contributed by atoms with Gasteiger partial charge in [-0.3, -0.25) is 0 Å². The molecule has 6 heteroatoms. The highest BCUT2D eigenvalue weighted by Gasteiger charge is 2.28. The third-order valence-corrected chi connectivity index (χ3v) is 5.73. The fourth-order valence-electron chi connectivity index (χ4n) is 3.78. The van der Waals surface area contributed by atoms with Gasteiger partial charge >= 0.3 is 6.03 Å². The van der Waals surface area contributed by atoms with Crippen LogP contribution in [-0.2, 0) is 11.3 Å². The monoisotopic (exact) mass is 361 g/mol. The van der Waals surface area contributed by atoms with Gasteiger partial charge in [0.1, 0.15) is 6.10 Å². The lowest BCUT2D eigenvalue weighted by molar-refractivity contribution is 0.0237. The average Bonchev–Trinajstić information content (AvgIpc) is 2.65. The van der Waals surface area contributed by atoms with Gasteiger partial charge in [-0.05, 0) is 29.9 Å². The summed E-state index contributed by atoms with van der Waals surface area (Å²) in [6.45, 7) is 6.45. The molecule has 1 aliphatic carbocycles. The van der Waals surface area contributed by atoms with Crippen molar-refractivity contribution in [2.24, 2.45) is 11.8 Å². The Balaban J connectivity index is 1.46.